The normalized spacial score (nSPS) is 11.1. The SMILES string of the molecule is COc1ccc(-c2cc3c4ccccc4ccc3n2-c2cccc(C(=O)O)c2)c(OC)c1. The molecule has 0 fully saturated rings. The minimum atomic E-state index is -0.961. The van der Waals surface area contributed by atoms with Crippen LogP contribution in [0.15, 0.2) is 84.9 Å². The highest BCUT2D eigenvalue weighted by Gasteiger charge is 2.18. The first-order valence-electron chi connectivity index (χ1n) is 10.2. The fourth-order valence-electron chi connectivity index (χ4n) is 4.23. The molecule has 0 amide bonds. The summed E-state index contributed by atoms with van der Waals surface area (Å²) in [6.45, 7) is 0. The van der Waals surface area contributed by atoms with Gasteiger partial charge in [-0.3, -0.25) is 0 Å². The number of carboxylic acids is 1. The summed E-state index contributed by atoms with van der Waals surface area (Å²) in [7, 11) is 3.25. The zero-order valence-electron chi connectivity index (χ0n) is 17.7. The van der Waals surface area contributed by atoms with Gasteiger partial charge >= 0.3 is 5.97 Å². The Morgan fingerprint density at radius 3 is 2.44 bits per heavy atom. The van der Waals surface area contributed by atoms with Crippen LogP contribution in [0.1, 0.15) is 10.4 Å². The molecular formula is C27H21NO4. The number of nitrogens with zero attached hydrogens (tertiary/aromatic N) is 1. The average molecular weight is 423 g/mol. The van der Waals surface area contributed by atoms with E-state index in [1.54, 1.807) is 32.4 Å². The van der Waals surface area contributed by atoms with Crippen molar-refractivity contribution in [1.82, 2.24) is 4.57 Å². The lowest BCUT2D eigenvalue weighted by Crippen LogP contribution is -2.02. The summed E-state index contributed by atoms with van der Waals surface area (Å²) in [4.78, 5) is 11.6. The van der Waals surface area contributed by atoms with Gasteiger partial charge in [0, 0.05) is 22.7 Å². The topological polar surface area (TPSA) is 60.7 Å². The molecule has 158 valence electrons. The van der Waals surface area contributed by atoms with Crippen molar-refractivity contribution in [1.29, 1.82) is 0 Å². The van der Waals surface area contributed by atoms with E-state index in [-0.39, 0.29) is 5.56 Å². The standard InChI is InChI=1S/C27H21NO4/c1-31-20-11-12-22(26(15-20)32-2)25-16-23-21-9-4-3-6-17(21)10-13-24(23)28(25)19-8-5-7-18(14-19)27(29)30/h3-16H,1-2H3,(H,29,30). The molecule has 0 aliphatic carbocycles. The fourth-order valence-corrected chi connectivity index (χ4v) is 4.23. The molecule has 0 aliphatic rings. The number of carbonyl (C=O) groups is 1. The van der Waals surface area contributed by atoms with Crippen molar-refractivity contribution < 1.29 is 19.4 Å². The van der Waals surface area contributed by atoms with E-state index in [2.05, 4.69) is 34.9 Å². The number of rotatable bonds is 5. The van der Waals surface area contributed by atoms with Crippen molar-refractivity contribution in [2.24, 2.45) is 0 Å². The lowest BCUT2D eigenvalue weighted by molar-refractivity contribution is 0.0697. The molecule has 5 heteroatoms. The first-order valence-corrected chi connectivity index (χ1v) is 10.2. The van der Waals surface area contributed by atoms with Crippen molar-refractivity contribution >= 4 is 27.6 Å². The van der Waals surface area contributed by atoms with Crippen LogP contribution in [0.25, 0.3) is 38.6 Å². The van der Waals surface area contributed by atoms with Crippen LogP contribution in [0.2, 0.25) is 0 Å². The number of ether oxygens (including phenoxy) is 2. The van der Waals surface area contributed by atoms with Gasteiger partial charge in [0.25, 0.3) is 0 Å². The molecule has 5 nitrogen and oxygen atoms in total. The minimum absolute atomic E-state index is 0.234. The van der Waals surface area contributed by atoms with Gasteiger partial charge in [0.1, 0.15) is 11.5 Å². The van der Waals surface area contributed by atoms with Gasteiger partial charge in [0.2, 0.25) is 0 Å². The largest absolute Gasteiger partial charge is 0.497 e. The summed E-state index contributed by atoms with van der Waals surface area (Å²) in [6.07, 6.45) is 0. The van der Waals surface area contributed by atoms with Gasteiger partial charge in [-0.1, -0.05) is 36.4 Å². The van der Waals surface area contributed by atoms with Crippen molar-refractivity contribution in [2.45, 2.75) is 0 Å². The second kappa shape index (κ2) is 7.78. The quantitative estimate of drug-likeness (QED) is 0.367. The van der Waals surface area contributed by atoms with Gasteiger partial charge in [-0.05, 0) is 53.2 Å². The van der Waals surface area contributed by atoms with E-state index < -0.39 is 5.97 Å². The second-order valence-electron chi connectivity index (χ2n) is 7.51. The minimum Gasteiger partial charge on any atom is -0.497 e. The number of benzene rings is 4. The lowest BCUT2D eigenvalue weighted by atomic mass is 10.1. The first kappa shape index (κ1) is 19.7. The van der Waals surface area contributed by atoms with E-state index in [1.807, 2.05) is 36.4 Å². The van der Waals surface area contributed by atoms with Crippen molar-refractivity contribution in [3.63, 3.8) is 0 Å². The van der Waals surface area contributed by atoms with E-state index in [0.717, 1.165) is 38.6 Å². The third-order valence-corrected chi connectivity index (χ3v) is 5.75. The maximum atomic E-state index is 11.6. The van der Waals surface area contributed by atoms with Gasteiger partial charge in [0.15, 0.2) is 0 Å². The Bertz CT molecular complexity index is 1480. The number of hydrogen-bond donors (Lipinski definition) is 1. The maximum absolute atomic E-state index is 11.6. The predicted octanol–water partition coefficient (Wildman–Crippen LogP) is 6.17. The van der Waals surface area contributed by atoms with Gasteiger partial charge in [-0.25, -0.2) is 4.79 Å². The van der Waals surface area contributed by atoms with Gasteiger partial charge < -0.3 is 19.1 Å². The monoisotopic (exact) mass is 423 g/mol. The first-order chi connectivity index (χ1) is 15.6. The van der Waals surface area contributed by atoms with E-state index in [4.69, 9.17) is 9.47 Å². The number of fused-ring (bicyclic) bond motifs is 3. The van der Waals surface area contributed by atoms with Crippen LogP contribution < -0.4 is 9.47 Å². The summed E-state index contributed by atoms with van der Waals surface area (Å²) < 4.78 is 13.1. The van der Waals surface area contributed by atoms with Crippen LogP contribution in [-0.4, -0.2) is 29.9 Å². The molecule has 0 spiro atoms. The van der Waals surface area contributed by atoms with E-state index in [9.17, 15) is 9.90 Å². The molecule has 0 saturated heterocycles. The molecule has 1 N–H and O–H groups in total. The molecule has 5 rings (SSSR count). The highest BCUT2D eigenvalue weighted by molar-refractivity contribution is 6.09. The number of carboxylic acid groups (broad SMARTS) is 1. The molecule has 5 aromatic rings. The number of methoxy groups -OCH3 is 2. The van der Waals surface area contributed by atoms with E-state index >= 15 is 0 Å². The highest BCUT2D eigenvalue weighted by atomic mass is 16.5. The van der Waals surface area contributed by atoms with Crippen molar-refractivity contribution in [3.8, 4) is 28.4 Å². The summed E-state index contributed by atoms with van der Waals surface area (Å²) in [5, 5.41) is 12.9. The van der Waals surface area contributed by atoms with Crippen LogP contribution in [0.4, 0.5) is 0 Å². The molecule has 0 aliphatic heterocycles. The second-order valence-corrected chi connectivity index (χ2v) is 7.51. The van der Waals surface area contributed by atoms with Crippen molar-refractivity contribution in [2.75, 3.05) is 14.2 Å². The summed E-state index contributed by atoms with van der Waals surface area (Å²) in [6, 6.07) is 27.2. The van der Waals surface area contributed by atoms with E-state index in [1.165, 1.54) is 0 Å². The zero-order valence-corrected chi connectivity index (χ0v) is 17.7. The number of aromatic nitrogens is 1. The predicted molar refractivity (Wildman–Crippen MR) is 126 cm³/mol. The Hall–Kier alpha value is -4.25. The Balaban J connectivity index is 1.88. The molecule has 0 saturated carbocycles. The molecule has 0 bridgehead atoms. The Morgan fingerprint density at radius 2 is 1.66 bits per heavy atom. The molecule has 1 aromatic heterocycles. The third kappa shape index (κ3) is 3.15. The molecule has 4 aromatic carbocycles. The average Bonchev–Trinajstić information content (AvgIpc) is 3.23. The summed E-state index contributed by atoms with van der Waals surface area (Å²) in [5.74, 6) is 0.413. The number of aromatic carboxylic acids is 1. The summed E-state index contributed by atoms with van der Waals surface area (Å²) >= 11 is 0. The van der Waals surface area contributed by atoms with Crippen LogP contribution in [0, 0.1) is 0 Å². The molecule has 1 heterocycles. The van der Waals surface area contributed by atoms with Crippen LogP contribution in [0.5, 0.6) is 11.5 Å². The Kier molecular flexibility index (Phi) is 4.79. The van der Waals surface area contributed by atoms with Gasteiger partial charge in [-0.2, -0.15) is 0 Å². The lowest BCUT2D eigenvalue weighted by Gasteiger charge is -2.15. The van der Waals surface area contributed by atoms with Gasteiger partial charge in [0.05, 0.1) is 31.0 Å². The Labute approximate surface area is 185 Å². The van der Waals surface area contributed by atoms with Crippen LogP contribution in [0.3, 0.4) is 0 Å². The smallest absolute Gasteiger partial charge is 0.335 e. The molecule has 32 heavy (non-hydrogen) atoms. The van der Waals surface area contributed by atoms with Gasteiger partial charge in [-0.15, -0.1) is 0 Å². The molecule has 0 atom stereocenters. The van der Waals surface area contributed by atoms with Crippen LogP contribution >= 0.6 is 0 Å². The number of hydrogen-bond acceptors (Lipinski definition) is 3. The zero-order chi connectivity index (χ0) is 22.2. The van der Waals surface area contributed by atoms with Crippen molar-refractivity contribution in [3.05, 3.63) is 90.5 Å². The Morgan fingerprint density at radius 1 is 0.812 bits per heavy atom. The molecule has 0 radical (unpaired) electrons. The highest BCUT2D eigenvalue weighted by Crippen LogP contribution is 2.40. The van der Waals surface area contributed by atoms with E-state index in [0.29, 0.717) is 11.5 Å². The fraction of sp³-hybridized carbons (Fsp3) is 0.0741. The van der Waals surface area contributed by atoms with Crippen LogP contribution in [-0.2, 0) is 0 Å². The maximum Gasteiger partial charge on any atom is 0.335 e. The third-order valence-electron chi connectivity index (χ3n) is 5.75. The molecule has 0 unspecified atom stereocenters. The molecular weight excluding hydrogens is 402 g/mol. The summed E-state index contributed by atoms with van der Waals surface area (Å²) in [5.41, 5.74) is 3.77.